The molecule has 136 valence electrons. The first kappa shape index (κ1) is 18.3. The molecule has 0 spiro atoms. The Morgan fingerprint density at radius 3 is 2.54 bits per heavy atom. The number of benzene rings is 2. The maximum atomic E-state index is 12.8. The Kier molecular flexibility index (Phi) is 5.47. The number of amides is 2. The van der Waals surface area contributed by atoms with Gasteiger partial charge in [0.25, 0.3) is 11.8 Å². The predicted molar refractivity (Wildman–Crippen MR) is 105 cm³/mol. The van der Waals surface area contributed by atoms with Crippen LogP contribution in [0.15, 0.2) is 42.5 Å². The predicted octanol–water partition coefficient (Wildman–Crippen LogP) is 3.61. The molecule has 1 aliphatic carbocycles. The van der Waals surface area contributed by atoms with Crippen molar-refractivity contribution in [2.75, 3.05) is 17.2 Å². The third kappa shape index (κ3) is 3.83. The second-order valence-corrected chi connectivity index (χ2v) is 6.61. The van der Waals surface area contributed by atoms with Gasteiger partial charge in [-0.3, -0.25) is 9.59 Å². The van der Waals surface area contributed by atoms with Gasteiger partial charge in [-0.25, -0.2) is 0 Å². The summed E-state index contributed by atoms with van der Waals surface area (Å²) in [7, 11) is 0. The molecule has 3 N–H and O–H groups in total. The number of carbonyl (C=O) groups excluding carboxylic acids is 2. The minimum absolute atomic E-state index is 0. The minimum atomic E-state index is -0.174. The Morgan fingerprint density at radius 1 is 0.962 bits per heavy atom. The van der Waals surface area contributed by atoms with E-state index in [9.17, 15) is 9.59 Å². The van der Waals surface area contributed by atoms with Crippen LogP contribution in [-0.4, -0.2) is 24.4 Å². The molecule has 2 aromatic carbocycles. The third-order valence-electron chi connectivity index (χ3n) is 4.67. The van der Waals surface area contributed by atoms with Crippen LogP contribution in [0.25, 0.3) is 0 Å². The van der Waals surface area contributed by atoms with Gasteiger partial charge in [-0.1, -0.05) is 18.2 Å². The van der Waals surface area contributed by atoms with Crippen LogP contribution in [0.3, 0.4) is 0 Å². The first-order chi connectivity index (χ1) is 12.2. The molecule has 1 aliphatic heterocycles. The number of carbonyl (C=O) groups is 2. The van der Waals surface area contributed by atoms with Crippen molar-refractivity contribution in [2.45, 2.75) is 31.7 Å². The molecule has 0 radical (unpaired) electrons. The van der Waals surface area contributed by atoms with E-state index in [0.717, 1.165) is 43.5 Å². The lowest BCUT2D eigenvalue weighted by Crippen LogP contribution is -2.27. The molecule has 1 fully saturated rings. The molecule has 0 atom stereocenters. The Balaban J connectivity index is 0.00000196. The lowest BCUT2D eigenvalue weighted by molar-refractivity contribution is 0.0952. The summed E-state index contributed by atoms with van der Waals surface area (Å²) in [4.78, 5) is 25.2. The molecule has 0 saturated heterocycles. The van der Waals surface area contributed by atoms with E-state index in [4.69, 9.17) is 0 Å². The Morgan fingerprint density at radius 2 is 1.73 bits per heavy atom. The highest BCUT2D eigenvalue weighted by Gasteiger charge is 2.25. The fourth-order valence-corrected chi connectivity index (χ4v) is 3.19. The number of rotatable bonds is 4. The number of fused-ring (bicyclic) bond motifs is 1. The fourth-order valence-electron chi connectivity index (χ4n) is 3.19. The standard InChI is InChI=1S/C20H21N3O2.ClH/c24-19(15-6-3-9-17-14(15)7-4-12-21-17)23-18-8-2-1-5-16(18)20(25)22-13-10-11-13;/h1-3,5-6,8-9,13,21H,4,7,10-12H2,(H,22,25)(H,23,24);1H. The highest BCUT2D eigenvalue weighted by atomic mass is 35.5. The van der Waals surface area contributed by atoms with Crippen molar-refractivity contribution in [3.63, 3.8) is 0 Å². The summed E-state index contributed by atoms with van der Waals surface area (Å²) in [6.07, 6.45) is 3.96. The SMILES string of the molecule is Cl.O=C(NC1CC1)c1ccccc1NC(=O)c1cccc2c1CCCN2. The van der Waals surface area contributed by atoms with E-state index in [1.807, 2.05) is 30.3 Å². The lowest BCUT2D eigenvalue weighted by atomic mass is 9.97. The van der Waals surface area contributed by atoms with Gasteiger partial charge in [-0.2, -0.15) is 0 Å². The van der Waals surface area contributed by atoms with Crippen LogP contribution >= 0.6 is 12.4 Å². The van der Waals surface area contributed by atoms with E-state index in [1.54, 1.807) is 12.1 Å². The van der Waals surface area contributed by atoms with Gasteiger partial charge in [-0.15, -0.1) is 12.4 Å². The van der Waals surface area contributed by atoms with Crippen LogP contribution in [0.4, 0.5) is 11.4 Å². The number of para-hydroxylation sites is 1. The van der Waals surface area contributed by atoms with Gasteiger partial charge >= 0.3 is 0 Å². The molecule has 6 heteroatoms. The van der Waals surface area contributed by atoms with Crippen LogP contribution in [0.1, 0.15) is 45.5 Å². The summed E-state index contributed by atoms with van der Waals surface area (Å²) >= 11 is 0. The first-order valence-corrected chi connectivity index (χ1v) is 8.79. The normalized spacial score (nSPS) is 15.1. The molecule has 1 heterocycles. The van der Waals surface area contributed by atoms with E-state index < -0.39 is 0 Å². The highest BCUT2D eigenvalue weighted by Crippen LogP contribution is 2.27. The second kappa shape index (κ2) is 7.79. The molecule has 2 aliphatic rings. The lowest BCUT2D eigenvalue weighted by Gasteiger charge is -2.21. The van der Waals surface area contributed by atoms with E-state index in [2.05, 4.69) is 16.0 Å². The molecule has 2 amide bonds. The number of nitrogens with one attached hydrogen (secondary N) is 3. The zero-order valence-corrected chi connectivity index (χ0v) is 15.2. The molecule has 2 aromatic rings. The molecule has 5 nitrogen and oxygen atoms in total. The minimum Gasteiger partial charge on any atom is -0.385 e. The highest BCUT2D eigenvalue weighted by molar-refractivity contribution is 6.10. The first-order valence-electron chi connectivity index (χ1n) is 8.79. The molecule has 0 unspecified atom stereocenters. The van der Waals surface area contributed by atoms with E-state index in [1.165, 1.54) is 0 Å². The fraction of sp³-hybridized carbons (Fsp3) is 0.300. The van der Waals surface area contributed by atoms with Gasteiger partial charge in [0.2, 0.25) is 0 Å². The maximum absolute atomic E-state index is 12.8. The van der Waals surface area contributed by atoms with Crippen molar-refractivity contribution in [3.05, 3.63) is 59.2 Å². The van der Waals surface area contributed by atoms with Crippen molar-refractivity contribution in [1.29, 1.82) is 0 Å². The molecular formula is C20H22ClN3O2. The molecule has 0 bridgehead atoms. The molecule has 26 heavy (non-hydrogen) atoms. The third-order valence-corrected chi connectivity index (χ3v) is 4.67. The number of anilines is 2. The largest absolute Gasteiger partial charge is 0.385 e. The maximum Gasteiger partial charge on any atom is 0.256 e. The Bertz CT molecular complexity index is 834. The summed E-state index contributed by atoms with van der Waals surface area (Å²) in [6.45, 7) is 0.933. The smallest absolute Gasteiger partial charge is 0.256 e. The van der Waals surface area contributed by atoms with Crippen LogP contribution in [0.2, 0.25) is 0 Å². The van der Waals surface area contributed by atoms with Crippen molar-refractivity contribution < 1.29 is 9.59 Å². The summed E-state index contributed by atoms with van der Waals surface area (Å²) in [5, 5.41) is 9.23. The van der Waals surface area contributed by atoms with Crippen LogP contribution < -0.4 is 16.0 Å². The van der Waals surface area contributed by atoms with Gasteiger partial charge in [-0.05, 0) is 55.5 Å². The van der Waals surface area contributed by atoms with Crippen molar-refractivity contribution in [3.8, 4) is 0 Å². The Hall–Kier alpha value is -2.53. The van der Waals surface area contributed by atoms with Gasteiger partial charge in [0.1, 0.15) is 0 Å². The van der Waals surface area contributed by atoms with Crippen molar-refractivity contribution in [1.82, 2.24) is 5.32 Å². The van der Waals surface area contributed by atoms with E-state index >= 15 is 0 Å². The van der Waals surface area contributed by atoms with E-state index in [-0.39, 0.29) is 30.3 Å². The number of hydrogen-bond acceptors (Lipinski definition) is 3. The van der Waals surface area contributed by atoms with Gasteiger partial charge in [0.15, 0.2) is 0 Å². The van der Waals surface area contributed by atoms with Crippen LogP contribution in [0.5, 0.6) is 0 Å². The molecule has 1 saturated carbocycles. The Labute approximate surface area is 159 Å². The van der Waals surface area contributed by atoms with Gasteiger partial charge < -0.3 is 16.0 Å². The van der Waals surface area contributed by atoms with E-state index in [0.29, 0.717) is 16.8 Å². The molecule has 4 rings (SSSR count). The zero-order chi connectivity index (χ0) is 17.2. The summed E-state index contributed by atoms with van der Waals surface area (Å²) in [5.41, 5.74) is 3.80. The van der Waals surface area contributed by atoms with Crippen molar-refractivity contribution >= 4 is 35.6 Å². The topological polar surface area (TPSA) is 70.2 Å². The monoisotopic (exact) mass is 371 g/mol. The summed E-state index contributed by atoms with van der Waals surface area (Å²) in [5.74, 6) is -0.303. The number of halogens is 1. The molecular weight excluding hydrogens is 350 g/mol. The van der Waals surface area contributed by atoms with Gasteiger partial charge in [0, 0.05) is 23.8 Å². The quantitative estimate of drug-likeness (QED) is 0.768. The number of hydrogen-bond donors (Lipinski definition) is 3. The summed E-state index contributed by atoms with van der Waals surface area (Å²) in [6, 6.07) is 13.2. The zero-order valence-electron chi connectivity index (χ0n) is 14.4. The van der Waals surface area contributed by atoms with Crippen molar-refractivity contribution in [2.24, 2.45) is 0 Å². The van der Waals surface area contributed by atoms with Crippen LogP contribution in [-0.2, 0) is 6.42 Å². The van der Waals surface area contributed by atoms with Gasteiger partial charge in [0.05, 0.1) is 11.3 Å². The van der Waals surface area contributed by atoms with Crippen LogP contribution in [0, 0.1) is 0 Å². The second-order valence-electron chi connectivity index (χ2n) is 6.61. The molecule has 0 aromatic heterocycles. The average Bonchev–Trinajstić information content (AvgIpc) is 3.45. The average molecular weight is 372 g/mol. The summed E-state index contributed by atoms with van der Waals surface area (Å²) < 4.78 is 0.